The molecule has 1 atom stereocenters. The van der Waals surface area contributed by atoms with E-state index in [1.807, 2.05) is 13.8 Å². The van der Waals surface area contributed by atoms with E-state index in [0.29, 0.717) is 23.7 Å². The van der Waals surface area contributed by atoms with Crippen LogP contribution in [-0.4, -0.2) is 30.0 Å². The van der Waals surface area contributed by atoms with Crippen LogP contribution in [0.25, 0.3) is 0 Å². The summed E-state index contributed by atoms with van der Waals surface area (Å²) in [6.07, 6.45) is 0.759. The molecule has 0 spiro atoms. The highest BCUT2D eigenvalue weighted by atomic mass is 16.7. The number of rotatable bonds is 6. The SMILES string of the molecule is CCC(C)(CO)CNc1cc2c(cc1[N+](=O)[O-])OCO2. The molecule has 0 bridgehead atoms. The number of nitrogens with zero attached hydrogens (tertiary/aromatic N) is 1. The summed E-state index contributed by atoms with van der Waals surface area (Å²) in [6.45, 7) is 4.39. The fourth-order valence-corrected chi connectivity index (χ4v) is 1.83. The van der Waals surface area contributed by atoms with Crippen LogP contribution >= 0.6 is 0 Å². The first-order valence-corrected chi connectivity index (χ1v) is 6.42. The lowest BCUT2D eigenvalue weighted by Gasteiger charge is -2.26. The van der Waals surface area contributed by atoms with Gasteiger partial charge in [-0.05, 0) is 6.42 Å². The van der Waals surface area contributed by atoms with Gasteiger partial charge in [-0.3, -0.25) is 10.1 Å². The Morgan fingerprint density at radius 3 is 2.65 bits per heavy atom. The summed E-state index contributed by atoms with van der Waals surface area (Å²) in [4.78, 5) is 10.6. The molecular formula is C13H18N2O5. The van der Waals surface area contributed by atoms with Crippen molar-refractivity contribution < 1.29 is 19.5 Å². The minimum absolute atomic E-state index is 0.00878. The number of aliphatic hydroxyl groups excluding tert-OH is 1. The van der Waals surface area contributed by atoms with Gasteiger partial charge in [0.05, 0.1) is 17.6 Å². The Morgan fingerprint density at radius 2 is 2.10 bits per heavy atom. The number of ether oxygens (including phenoxy) is 2. The van der Waals surface area contributed by atoms with E-state index >= 15 is 0 Å². The summed E-state index contributed by atoms with van der Waals surface area (Å²) < 4.78 is 10.4. The van der Waals surface area contributed by atoms with Gasteiger partial charge in [0.25, 0.3) is 5.69 Å². The summed E-state index contributed by atoms with van der Waals surface area (Å²) in [5.41, 5.74) is -0.0254. The molecule has 0 radical (unpaired) electrons. The van der Waals surface area contributed by atoms with Crippen molar-refractivity contribution in [1.29, 1.82) is 0 Å². The molecule has 2 rings (SSSR count). The topological polar surface area (TPSA) is 93.9 Å². The van der Waals surface area contributed by atoms with Gasteiger partial charge in [0.2, 0.25) is 6.79 Å². The molecule has 7 nitrogen and oxygen atoms in total. The Bertz CT molecular complexity index is 514. The normalized spacial score (nSPS) is 15.8. The summed E-state index contributed by atoms with van der Waals surface area (Å²) in [7, 11) is 0. The van der Waals surface area contributed by atoms with Gasteiger partial charge in [0.1, 0.15) is 5.69 Å². The van der Waals surface area contributed by atoms with Gasteiger partial charge in [-0.1, -0.05) is 13.8 Å². The average Bonchev–Trinajstić information content (AvgIpc) is 2.90. The van der Waals surface area contributed by atoms with Crippen molar-refractivity contribution in [1.82, 2.24) is 0 Å². The van der Waals surface area contributed by atoms with E-state index < -0.39 is 4.92 Å². The number of nitro benzene ring substituents is 1. The van der Waals surface area contributed by atoms with Crippen molar-refractivity contribution in [2.45, 2.75) is 20.3 Å². The van der Waals surface area contributed by atoms with Crippen molar-refractivity contribution in [2.24, 2.45) is 5.41 Å². The third-order valence-electron chi connectivity index (χ3n) is 3.63. The minimum Gasteiger partial charge on any atom is -0.454 e. The Labute approximate surface area is 116 Å². The van der Waals surface area contributed by atoms with Gasteiger partial charge in [0.15, 0.2) is 11.5 Å². The van der Waals surface area contributed by atoms with Gasteiger partial charge >= 0.3 is 0 Å². The number of nitrogens with one attached hydrogen (secondary N) is 1. The number of benzene rings is 1. The lowest BCUT2D eigenvalue weighted by Crippen LogP contribution is -2.29. The summed E-state index contributed by atoms with van der Waals surface area (Å²) >= 11 is 0. The molecular weight excluding hydrogens is 264 g/mol. The van der Waals surface area contributed by atoms with Crippen LogP contribution in [0, 0.1) is 15.5 Å². The first-order chi connectivity index (χ1) is 9.49. The molecule has 1 aromatic rings. The largest absolute Gasteiger partial charge is 0.454 e. The van der Waals surface area contributed by atoms with Crippen molar-refractivity contribution >= 4 is 11.4 Å². The van der Waals surface area contributed by atoms with Crippen LogP contribution in [0.5, 0.6) is 11.5 Å². The van der Waals surface area contributed by atoms with E-state index in [1.54, 1.807) is 6.07 Å². The van der Waals surface area contributed by atoms with Gasteiger partial charge in [0, 0.05) is 18.0 Å². The van der Waals surface area contributed by atoms with Crippen LogP contribution in [0.3, 0.4) is 0 Å². The lowest BCUT2D eigenvalue weighted by atomic mass is 9.88. The first-order valence-electron chi connectivity index (χ1n) is 6.42. The molecule has 7 heteroatoms. The second-order valence-corrected chi connectivity index (χ2v) is 5.16. The molecule has 1 aromatic carbocycles. The highest BCUT2D eigenvalue weighted by Gasteiger charge is 2.26. The molecule has 0 saturated carbocycles. The molecule has 110 valence electrons. The van der Waals surface area contributed by atoms with Crippen LogP contribution in [-0.2, 0) is 0 Å². The van der Waals surface area contributed by atoms with Gasteiger partial charge in [-0.15, -0.1) is 0 Å². The summed E-state index contributed by atoms with van der Waals surface area (Å²) in [5, 5.41) is 23.5. The molecule has 0 saturated heterocycles. The van der Waals surface area contributed by atoms with Crippen LogP contribution in [0.1, 0.15) is 20.3 Å². The standard InChI is InChI=1S/C13H18N2O5/c1-3-13(2,7-16)6-14-9-4-11-12(20-8-19-11)5-10(9)15(17)18/h4-5,14,16H,3,6-8H2,1-2H3. The number of hydrogen-bond acceptors (Lipinski definition) is 6. The monoisotopic (exact) mass is 282 g/mol. The summed E-state index contributed by atoms with van der Waals surface area (Å²) in [5.74, 6) is 0.864. The summed E-state index contributed by atoms with van der Waals surface area (Å²) in [6, 6.07) is 2.92. The molecule has 2 N–H and O–H groups in total. The molecule has 1 aliphatic rings. The number of hydrogen-bond donors (Lipinski definition) is 2. The predicted molar refractivity (Wildman–Crippen MR) is 73.2 cm³/mol. The van der Waals surface area contributed by atoms with E-state index in [9.17, 15) is 15.2 Å². The smallest absolute Gasteiger partial charge is 0.296 e. The van der Waals surface area contributed by atoms with Crippen molar-refractivity contribution in [3.8, 4) is 11.5 Å². The molecule has 1 heterocycles. The Balaban J connectivity index is 2.24. The molecule has 0 aliphatic carbocycles. The van der Waals surface area contributed by atoms with Crippen LogP contribution < -0.4 is 14.8 Å². The predicted octanol–water partition coefficient (Wildman–Crippen LogP) is 2.14. The minimum atomic E-state index is -0.466. The zero-order valence-electron chi connectivity index (χ0n) is 11.5. The van der Waals surface area contributed by atoms with E-state index in [2.05, 4.69) is 5.32 Å². The van der Waals surface area contributed by atoms with Crippen molar-refractivity contribution in [2.75, 3.05) is 25.3 Å². The maximum Gasteiger partial charge on any atom is 0.296 e. The number of anilines is 1. The van der Waals surface area contributed by atoms with Crippen LogP contribution in [0.2, 0.25) is 0 Å². The number of aliphatic hydroxyl groups is 1. The quantitative estimate of drug-likeness (QED) is 0.613. The second kappa shape index (κ2) is 5.54. The van der Waals surface area contributed by atoms with Gasteiger partial charge < -0.3 is 19.9 Å². The Morgan fingerprint density at radius 1 is 1.45 bits per heavy atom. The molecule has 1 unspecified atom stereocenters. The molecule has 1 aliphatic heterocycles. The Hall–Kier alpha value is -2.02. The van der Waals surface area contributed by atoms with E-state index in [1.165, 1.54) is 6.07 Å². The number of nitro groups is 1. The van der Waals surface area contributed by atoms with Crippen molar-refractivity contribution in [3.05, 3.63) is 22.2 Å². The molecule has 0 amide bonds. The average molecular weight is 282 g/mol. The van der Waals surface area contributed by atoms with Crippen LogP contribution in [0.15, 0.2) is 12.1 Å². The second-order valence-electron chi connectivity index (χ2n) is 5.16. The highest BCUT2D eigenvalue weighted by molar-refractivity contribution is 5.69. The fraction of sp³-hybridized carbons (Fsp3) is 0.538. The Kier molecular flexibility index (Phi) is 3.99. The third-order valence-corrected chi connectivity index (χ3v) is 3.63. The maximum absolute atomic E-state index is 11.1. The molecule has 20 heavy (non-hydrogen) atoms. The van der Waals surface area contributed by atoms with Crippen LogP contribution in [0.4, 0.5) is 11.4 Å². The zero-order valence-corrected chi connectivity index (χ0v) is 11.5. The fourth-order valence-electron chi connectivity index (χ4n) is 1.83. The van der Waals surface area contributed by atoms with Crippen molar-refractivity contribution in [3.63, 3.8) is 0 Å². The van der Waals surface area contributed by atoms with Gasteiger partial charge in [-0.25, -0.2) is 0 Å². The molecule has 0 aromatic heterocycles. The number of fused-ring (bicyclic) bond motifs is 1. The van der Waals surface area contributed by atoms with E-state index in [4.69, 9.17) is 9.47 Å². The first kappa shape index (κ1) is 14.4. The van der Waals surface area contributed by atoms with E-state index in [0.717, 1.165) is 6.42 Å². The van der Waals surface area contributed by atoms with Gasteiger partial charge in [-0.2, -0.15) is 0 Å². The maximum atomic E-state index is 11.1. The highest BCUT2D eigenvalue weighted by Crippen LogP contribution is 2.40. The molecule has 0 fully saturated rings. The van der Waals surface area contributed by atoms with E-state index in [-0.39, 0.29) is 24.5 Å². The third kappa shape index (κ3) is 2.77. The lowest BCUT2D eigenvalue weighted by molar-refractivity contribution is -0.384. The zero-order chi connectivity index (χ0) is 14.8.